The summed E-state index contributed by atoms with van der Waals surface area (Å²) in [5.41, 5.74) is 1.28. The van der Waals surface area contributed by atoms with Crippen LogP contribution < -0.4 is 10.1 Å². The molecular weight excluding hydrogens is 236 g/mol. The Balaban J connectivity index is 1.71. The number of ether oxygens (including phenoxy) is 1. The van der Waals surface area contributed by atoms with Crippen molar-refractivity contribution in [3.8, 4) is 5.75 Å². The molecule has 2 fully saturated rings. The van der Waals surface area contributed by atoms with Crippen molar-refractivity contribution in [2.75, 3.05) is 13.7 Å². The van der Waals surface area contributed by atoms with Gasteiger partial charge in [0.15, 0.2) is 0 Å². The highest BCUT2D eigenvalue weighted by atomic mass is 16.5. The van der Waals surface area contributed by atoms with E-state index >= 15 is 0 Å². The summed E-state index contributed by atoms with van der Waals surface area (Å²) in [7, 11) is 2.06. The van der Waals surface area contributed by atoms with E-state index in [-0.39, 0.29) is 0 Å². The Bertz CT molecular complexity index is 425. The van der Waals surface area contributed by atoms with Gasteiger partial charge in [0.25, 0.3) is 0 Å². The molecule has 3 nitrogen and oxygen atoms in total. The van der Waals surface area contributed by atoms with Crippen LogP contribution in [0.15, 0.2) is 18.5 Å². The summed E-state index contributed by atoms with van der Waals surface area (Å²) in [5.74, 6) is 3.72. The second kappa shape index (κ2) is 5.49. The fraction of sp³-hybridized carbons (Fsp3) is 0.688. The molecule has 2 saturated carbocycles. The lowest BCUT2D eigenvalue weighted by molar-refractivity contribution is 0.313. The van der Waals surface area contributed by atoms with E-state index in [2.05, 4.69) is 30.3 Å². The summed E-state index contributed by atoms with van der Waals surface area (Å²) < 4.78 is 5.69. The van der Waals surface area contributed by atoms with Gasteiger partial charge in [0.2, 0.25) is 0 Å². The van der Waals surface area contributed by atoms with Crippen molar-refractivity contribution >= 4 is 0 Å². The summed E-state index contributed by atoms with van der Waals surface area (Å²) >= 11 is 0. The van der Waals surface area contributed by atoms with Crippen molar-refractivity contribution in [2.45, 2.75) is 38.6 Å². The van der Waals surface area contributed by atoms with Crippen molar-refractivity contribution in [1.82, 2.24) is 10.3 Å². The van der Waals surface area contributed by atoms with Gasteiger partial charge >= 0.3 is 0 Å². The van der Waals surface area contributed by atoms with Gasteiger partial charge in [-0.25, -0.2) is 0 Å². The molecule has 0 amide bonds. The molecule has 0 aliphatic heterocycles. The van der Waals surface area contributed by atoms with E-state index in [1.54, 1.807) is 0 Å². The van der Waals surface area contributed by atoms with Gasteiger partial charge in [-0.1, -0.05) is 6.92 Å². The molecule has 3 heteroatoms. The molecule has 2 aliphatic rings. The Morgan fingerprint density at radius 1 is 1.32 bits per heavy atom. The maximum Gasteiger partial charge on any atom is 0.137 e. The van der Waals surface area contributed by atoms with E-state index in [4.69, 9.17) is 4.74 Å². The average molecular weight is 260 g/mol. The molecule has 3 atom stereocenters. The van der Waals surface area contributed by atoms with Crippen molar-refractivity contribution < 1.29 is 4.74 Å². The molecule has 1 heterocycles. The van der Waals surface area contributed by atoms with Crippen LogP contribution >= 0.6 is 0 Å². The number of pyridine rings is 1. The maximum atomic E-state index is 5.69. The molecule has 0 radical (unpaired) electrons. The highest BCUT2D eigenvalue weighted by molar-refractivity contribution is 5.27. The zero-order valence-corrected chi connectivity index (χ0v) is 11.9. The van der Waals surface area contributed by atoms with E-state index in [0.717, 1.165) is 36.5 Å². The smallest absolute Gasteiger partial charge is 0.137 e. The molecule has 0 aromatic carbocycles. The molecule has 3 rings (SSSR count). The molecule has 19 heavy (non-hydrogen) atoms. The Labute approximate surface area is 115 Å². The number of aromatic nitrogens is 1. The predicted molar refractivity (Wildman–Crippen MR) is 76.1 cm³/mol. The monoisotopic (exact) mass is 260 g/mol. The molecule has 2 aliphatic carbocycles. The van der Waals surface area contributed by atoms with E-state index in [9.17, 15) is 0 Å². The van der Waals surface area contributed by atoms with Gasteiger partial charge in [-0.05, 0) is 62.1 Å². The molecule has 104 valence electrons. The van der Waals surface area contributed by atoms with Gasteiger partial charge in [0.05, 0.1) is 12.8 Å². The number of nitrogens with zero attached hydrogens (tertiary/aromatic N) is 1. The van der Waals surface area contributed by atoms with Crippen LogP contribution in [0.4, 0.5) is 0 Å². The molecule has 0 bridgehead atoms. The van der Waals surface area contributed by atoms with E-state index < -0.39 is 0 Å². The van der Waals surface area contributed by atoms with Crippen LogP contribution in [0.1, 0.15) is 44.2 Å². The van der Waals surface area contributed by atoms with Gasteiger partial charge in [0, 0.05) is 12.2 Å². The zero-order valence-electron chi connectivity index (χ0n) is 11.9. The molecular formula is C16H24N2O. The lowest BCUT2D eigenvalue weighted by Crippen LogP contribution is -2.24. The first kappa shape index (κ1) is 12.9. The topological polar surface area (TPSA) is 34.1 Å². The molecule has 3 unspecified atom stereocenters. The highest BCUT2D eigenvalue weighted by Gasteiger charge is 2.47. The third kappa shape index (κ3) is 2.76. The van der Waals surface area contributed by atoms with Crippen LogP contribution in [0, 0.1) is 17.8 Å². The van der Waals surface area contributed by atoms with Gasteiger partial charge < -0.3 is 10.1 Å². The minimum Gasteiger partial charge on any atom is -0.492 e. The SMILES string of the molecule is CCCOc1cncc(C(NC)C2CC3CC3C2)c1. The number of fused-ring (bicyclic) bond motifs is 1. The van der Waals surface area contributed by atoms with E-state index in [1.165, 1.54) is 24.8 Å². The van der Waals surface area contributed by atoms with Gasteiger partial charge in [-0.2, -0.15) is 0 Å². The van der Waals surface area contributed by atoms with Gasteiger partial charge in [-0.3, -0.25) is 4.98 Å². The lowest BCUT2D eigenvalue weighted by Gasteiger charge is -2.24. The number of hydrogen-bond acceptors (Lipinski definition) is 3. The number of hydrogen-bond donors (Lipinski definition) is 1. The Morgan fingerprint density at radius 2 is 2.11 bits per heavy atom. The zero-order chi connectivity index (χ0) is 13.2. The van der Waals surface area contributed by atoms with Crippen molar-refractivity contribution in [3.63, 3.8) is 0 Å². The fourth-order valence-electron chi connectivity index (χ4n) is 3.61. The summed E-state index contributed by atoms with van der Waals surface area (Å²) in [4.78, 5) is 4.34. The van der Waals surface area contributed by atoms with Crippen molar-refractivity contribution in [1.29, 1.82) is 0 Å². The van der Waals surface area contributed by atoms with Crippen LogP contribution in [0.3, 0.4) is 0 Å². The van der Waals surface area contributed by atoms with E-state index in [0.29, 0.717) is 6.04 Å². The molecule has 1 N–H and O–H groups in total. The summed E-state index contributed by atoms with van der Waals surface area (Å²) in [6.07, 6.45) is 9.09. The molecule has 1 aromatic heterocycles. The van der Waals surface area contributed by atoms with Crippen LogP contribution in [-0.4, -0.2) is 18.6 Å². The summed E-state index contributed by atoms with van der Waals surface area (Å²) in [5, 5.41) is 3.49. The van der Waals surface area contributed by atoms with Gasteiger partial charge in [0.1, 0.15) is 5.75 Å². The Kier molecular flexibility index (Phi) is 3.74. The summed E-state index contributed by atoms with van der Waals surface area (Å²) in [6, 6.07) is 2.60. The van der Waals surface area contributed by atoms with Crippen LogP contribution in [-0.2, 0) is 0 Å². The number of rotatable bonds is 6. The maximum absolute atomic E-state index is 5.69. The first-order chi connectivity index (χ1) is 9.31. The molecule has 1 aromatic rings. The van der Waals surface area contributed by atoms with Crippen molar-refractivity contribution in [2.24, 2.45) is 17.8 Å². The number of nitrogens with one attached hydrogen (secondary N) is 1. The fourth-order valence-corrected chi connectivity index (χ4v) is 3.61. The van der Waals surface area contributed by atoms with Crippen molar-refractivity contribution in [3.05, 3.63) is 24.0 Å². The van der Waals surface area contributed by atoms with Gasteiger partial charge in [-0.15, -0.1) is 0 Å². The first-order valence-electron chi connectivity index (χ1n) is 7.56. The normalized spacial score (nSPS) is 29.9. The largest absolute Gasteiger partial charge is 0.492 e. The average Bonchev–Trinajstić information content (AvgIpc) is 3.05. The highest BCUT2D eigenvalue weighted by Crippen LogP contribution is 2.57. The Hall–Kier alpha value is -1.09. The second-order valence-electron chi connectivity index (χ2n) is 6.06. The third-order valence-corrected chi connectivity index (χ3v) is 4.63. The molecule has 0 saturated heterocycles. The molecule has 0 spiro atoms. The minimum atomic E-state index is 0.436. The quantitative estimate of drug-likeness (QED) is 0.853. The first-order valence-corrected chi connectivity index (χ1v) is 7.56. The van der Waals surface area contributed by atoms with Crippen LogP contribution in [0.25, 0.3) is 0 Å². The summed E-state index contributed by atoms with van der Waals surface area (Å²) in [6.45, 7) is 2.89. The second-order valence-corrected chi connectivity index (χ2v) is 6.06. The van der Waals surface area contributed by atoms with Crippen LogP contribution in [0.5, 0.6) is 5.75 Å². The van der Waals surface area contributed by atoms with Crippen LogP contribution in [0.2, 0.25) is 0 Å². The van der Waals surface area contributed by atoms with E-state index in [1.807, 2.05) is 12.4 Å². The minimum absolute atomic E-state index is 0.436. The third-order valence-electron chi connectivity index (χ3n) is 4.63. The standard InChI is InChI=1S/C16H24N2O/c1-3-4-19-15-8-14(9-18-10-15)16(17-2)13-6-11-5-12(11)7-13/h8-13,16-17H,3-7H2,1-2H3. The Morgan fingerprint density at radius 3 is 2.79 bits per heavy atom. The predicted octanol–water partition coefficient (Wildman–Crippen LogP) is 3.18. The lowest BCUT2D eigenvalue weighted by atomic mass is 9.90.